The summed E-state index contributed by atoms with van der Waals surface area (Å²) >= 11 is 17.7. The molecule has 1 fully saturated rings. The molecule has 1 aliphatic heterocycles. The summed E-state index contributed by atoms with van der Waals surface area (Å²) in [6.45, 7) is 0. The van der Waals surface area contributed by atoms with Gasteiger partial charge in [0.2, 0.25) is 0 Å². The first-order chi connectivity index (χ1) is 13.2. The number of hydrogen-bond acceptors (Lipinski definition) is 5. The van der Waals surface area contributed by atoms with Gasteiger partial charge in [-0.1, -0.05) is 34.8 Å². The third-order valence-electron chi connectivity index (χ3n) is 3.84. The fourth-order valence-corrected chi connectivity index (χ4v) is 3.03. The first-order valence-corrected chi connectivity index (χ1v) is 8.79. The predicted octanol–water partition coefficient (Wildman–Crippen LogP) is 4.03. The summed E-state index contributed by atoms with van der Waals surface area (Å²) in [5.74, 6) is -1.97. The van der Waals surface area contributed by atoms with Crippen molar-refractivity contribution in [1.29, 1.82) is 0 Å². The van der Waals surface area contributed by atoms with Crippen molar-refractivity contribution in [2.75, 3.05) is 12.0 Å². The minimum absolute atomic E-state index is 0.0349. The Kier molecular flexibility index (Phi) is 5.51. The molecule has 0 bridgehead atoms. The van der Waals surface area contributed by atoms with Gasteiger partial charge in [0.15, 0.2) is 11.5 Å². The molecule has 144 valence electrons. The van der Waals surface area contributed by atoms with Gasteiger partial charge in [-0.05, 0) is 42.0 Å². The van der Waals surface area contributed by atoms with Crippen LogP contribution in [0.2, 0.25) is 15.1 Å². The lowest BCUT2D eigenvalue weighted by Crippen LogP contribution is -2.54. The number of methoxy groups -OCH3 is 1. The Morgan fingerprint density at radius 1 is 1.04 bits per heavy atom. The number of aromatic hydroxyl groups is 1. The Bertz CT molecular complexity index is 1050. The molecule has 2 aromatic rings. The molecular weight excluding hydrogens is 431 g/mol. The fraction of sp³-hybridized carbons (Fsp3) is 0.0556. The number of halogens is 3. The quantitative estimate of drug-likeness (QED) is 0.554. The summed E-state index contributed by atoms with van der Waals surface area (Å²) in [4.78, 5) is 38.0. The molecule has 1 saturated heterocycles. The van der Waals surface area contributed by atoms with Gasteiger partial charge in [0, 0.05) is 0 Å². The highest BCUT2D eigenvalue weighted by molar-refractivity contribution is 6.43. The first-order valence-electron chi connectivity index (χ1n) is 7.66. The van der Waals surface area contributed by atoms with Crippen LogP contribution in [0.3, 0.4) is 0 Å². The maximum absolute atomic E-state index is 12.8. The summed E-state index contributed by atoms with van der Waals surface area (Å²) in [7, 11) is 1.32. The molecule has 2 aromatic carbocycles. The monoisotopic (exact) mass is 440 g/mol. The van der Waals surface area contributed by atoms with Crippen molar-refractivity contribution in [3.8, 4) is 11.5 Å². The highest BCUT2D eigenvalue weighted by atomic mass is 35.5. The Morgan fingerprint density at radius 3 is 2.39 bits per heavy atom. The van der Waals surface area contributed by atoms with Gasteiger partial charge in [0.1, 0.15) is 5.57 Å². The predicted molar refractivity (Wildman–Crippen MR) is 105 cm³/mol. The molecule has 28 heavy (non-hydrogen) atoms. The SMILES string of the molecule is COc1cc(/C=C2\C(=O)NC(=O)N(c3ccc(Cl)c(Cl)c3)C2=O)cc(Cl)c1O. The van der Waals surface area contributed by atoms with Crippen molar-refractivity contribution < 1.29 is 24.2 Å². The number of ether oxygens (including phenoxy) is 1. The van der Waals surface area contributed by atoms with E-state index in [-0.39, 0.29) is 37.8 Å². The van der Waals surface area contributed by atoms with Crippen LogP contribution in [0.4, 0.5) is 10.5 Å². The number of phenolic OH excluding ortho intramolecular Hbond substituents is 1. The number of imide groups is 2. The maximum atomic E-state index is 12.8. The highest BCUT2D eigenvalue weighted by Crippen LogP contribution is 2.36. The molecule has 0 aromatic heterocycles. The average Bonchev–Trinajstić information content (AvgIpc) is 2.64. The van der Waals surface area contributed by atoms with E-state index in [1.165, 1.54) is 43.5 Å². The number of barbiturate groups is 1. The van der Waals surface area contributed by atoms with E-state index in [4.69, 9.17) is 39.5 Å². The van der Waals surface area contributed by atoms with Crippen molar-refractivity contribution in [3.05, 3.63) is 56.5 Å². The number of carbonyl (C=O) groups is 3. The lowest BCUT2D eigenvalue weighted by molar-refractivity contribution is -0.122. The number of benzene rings is 2. The molecule has 0 saturated carbocycles. The summed E-state index contributed by atoms with van der Waals surface area (Å²) < 4.78 is 5.00. The number of nitrogens with zero attached hydrogens (tertiary/aromatic N) is 1. The Balaban J connectivity index is 2.06. The zero-order chi connectivity index (χ0) is 20.6. The largest absolute Gasteiger partial charge is 0.503 e. The van der Waals surface area contributed by atoms with Crippen LogP contribution in [0.1, 0.15) is 5.56 Å². The van der Waals surface area contributed by atoms with Crippen molar-refractivity contribution in [3.63, 3.8) is 0 Å². The van der Waals surface area contributed by atoms with Crippen molar-refractivity contribution >= 4 is 64.4 Å². The molecule has 2 N–H and O–H groups in total. The van der Waals surface area contributed by atoms with E-state index >= 15 is 0 Å². The highest BCUT2D eigenvalue weighted by Gasteiger charge is 2.37. The fourth-order valence-electron chi connectivity index (χ4n) is 2.52. The normalized spacial score (nSPS) is 15.8. The standard InChI is InChI=1S/C18H11Cl3N2O5/c1-28-14-6-8(5-13(21)15(14)24)4-10-16(25)22-18(27)23(17(10)26)9-2-3-11(19)12(20)7-9/h2-7,24H,1H3,(H,22,25,27)/b10-4+. The van der Waals surface area contributed by atoms with Crippen LogP contribution in [0.5, 0.6) is 11.5 Å². The van der Waals surface area contributed by atoms with Crippen LogP contribution in [0.25, 0.3) is 6.08 Å². The van der Waals surface area contributed by atoms with Gasteiger partial charge in [-0.15, -0.1) is 0 Å². The van der Waals surface area contributed by atoms with Gasteiger partial charge in [0.25, 0.3) is 11.8 Å². The first kappa shape index (κ1) is 20.0. The molecule has 7 nitrogen and oxygen atoms in total. The molecule has 1 heterocycles. The summed E-state index contributed by atoms with van der Waals surface area (Å²) in [5, 5.41) is 12.2. The van der Waals surface area contributed by atoms with Gasteiger partial charge in [0.05, 0.1) is 27.9 Å². The molecule has 10 heteroatoms. The molecule has 1 aliphatic rings. The molecule has 0 aliphatic carbocycles. The van der Waals surface area contributed by atoms with Crippen molar-refractivity contribution in [2.24, 2.45) is 0 Å². The van der Waals surface area contributed by atoms with E-state index in [0.717, 1.165) is 4.90 Å². The van der Waals surface area contributed by atoms with Crippen molar-refractivity contribution in [1.82, 2.24) is 5.32 Å². The maximum Gasteiger partial charge on any atom is 0.335 e. The third kappa shape index (κ3) is 3.64. The van der Waals surface area contributed by atoms with Gasteiger partial charge >= 0.3 is 6.03 Å². The third-order valence-corrected chi connectivity index (χ3v) is 4.87. The van der Waals surface area contributed by atoms with E-state index < -0.39 is 17.8 Å². The zero-order valence-electron chi connectivity index (χ0n) is 14.1. The Hall–Kier alpha value is -2.74. The topological polar surface area (TPSA) is 95.9 Å². The number of nitrogens with one attached hydrogen (secondary N) is 1. The van der Waals surface area contributed by atoms with E-state index in [2.05, 4.69) is 5.32 Å². The zero-order valence-corrected chi connectivity index (χ0v) is 16.4. The molecule has 0 spiro atoms. The van der Waals surface area contributed by atoms with Gasteiger partial charge in [-0.2, -0.15) is 0 Å². The minimum Gasteiger partial charge on any atom is -0.503 e. The second-order valence-corrected chi connectivity index (χ2v) is 6.83. The van der Waals surface area contributed by atoms with E-state index in [1.807, 2.05) is 0 Å². The summed E-state index contributed by atoms with van der Waals surface area (Å²) in [6.07, 6.45) is 1.22. The van der Waals surface area contributed by atoms with Crippen LogP contribution in [0.15, 0.2) is 35.9 Å². The summed E-state index contributed by atoms with van der Waals surface area (Å²) in [5.41, 5.74) is 0.118. The number of amides is 4. The molecule has 0 radical (unpaired) electrons. The van der Waals surface area contributed by atoms with Crippen LogP contribution < -0.4 is 15.0 Å². The number of hydrogen-bond donors (Lipinski definition) is 2. The molecule has 0 atom stereocenters. The number of urea groups is 1. The van der Waals surface area contributed by atoms with E-state index in [1.54, 1.807) is 0 Å². The molecule has 4 amide bonds. The van der Waals surface area contributed by atoms with Gasteiger partial charge in [-0.3, -0.25) is 14.9 Å². The molecule has 0 unspecified atom stereocenters. The van der Waals surface area contributed by atoms with E-state index in [9.17, 15) is 19.5 Å². The molecular formula is C18H11Cl3N2O5. The van der Waals surface area contributed by atoms with Crippen LogP contribution >= 0.6 is 34.8 Å². The van der Waals surface area contributed by atoms with Gasteiger partial charge < -0.3 is 9.84 Å². The van der Waals surface area contributed by atoms with Crippen molar-refractivity contribution in [2.45, 2.75) is 0 Å². The number of rotatable bonds is 3. The minimum atomic E-state index is -0.924. The van der Waals surface area contributed by atoms with Crippen LogP contribution in [-0.2, 0) is 9.59 Å². The Morgan fingerprint density at radius 2 is 1.75 bits per heavy atom. The number of anilines is 1. The summed E-state index contributed by atoms with van der Waals surface area (Å²) in [6, 6.07) is 5.97. The number of phenols is 1. The van der Waals surface area contributed by atoms with E-state index in [0.29, 0.717) is 5.56 Å². The van der Waals surface area contributed by atoms with Crippen LogP contribution in [-0.4, -0.2) is 30.1 Å². The second kappa shape index (κ2) is 7.71. The average molecular weight is 442 g/mol. The smallest absolute Gasteiger partial charge is 0.335 e. The lowest BCUT2D eigenvalue weighted by atomic mass is 10.1. The second-order valence-electron chi connectivity index (χ2n) is 5.61. The molecule has 3 rings (SSSR count). The number of carbonyl (C=O) groups excluding carboxylic acids is 3. The van der Waals surface area contributed by atoms with Gasteiger partial charge in [-0.25, -0.2) is 9.69 Å². The van der Waals surface area contributed by atoms with Crippen LogP contribution in [0, 0.1) is 0 Å². The lowest BCUT2D eigenvalue weighted by Gasteiger charge is -2.26. The Labute approximate surface area is 174 Å².